The highest BCUT2D eigenvalue weighted by atomic mass is 35.5. The van der Waals surface area contributed by atoms with E-state index >= 15 is 0 Å². The predicted octanol–water partition coefficient (Wildman–Crippen LogP) is 3.33. The monoisotopic (exact) mass is 346 g/mol. The molecule has 2 rings (SSSR count). The van der Waals surface area contributed by atoms with Gasteiger partial charge in [0.15, 0.2) is 0 Å². The van der Waals surface area contributed by atoms with Crippen molar-refractivity contribution in [3.63, 3.8) is 0 Å². The fourth-order valence-electron chi connectivity index (χ4n) is 2.35. The van der Waals surface area contributed by atoms with Crippen LogP contribution in [0.3, 0.4) is 0 Å². The van der Waals surface area contributed by atoms with Crippen LogP contribution >= 0.6 is 11.6 Å². The largest absolute Gasteiger partial charge is 0.496 e. The molecule has 5 nitrogen and oxygen atoms in total. The summed E-state index contributed by atoms with van der Waals surface area (Å²) in [5.41, 5.74) is 2.81. The van der Waals surface area contributed by atoms with Crippen molar-refractivity contribution >= 4 is 29.1 Å². The molecule has 0 fully saturated rings. The molecule has 0 atom stereocenters. The molecule has 0 spiro atoms. The van der Waals surface area contributed by atoms with E-state index < -0.39 is 0 Å². The van der Waals surface area contributed by atoms with Gasteiger partial charge in [-0.2, -0.15) is 0 Å². The van der Waals surface area contributed by atoms with E-state index in [1.54, 1.807) is 30.3 Å². The number of carbonyl (C=O) groups excluding carboxylic acids is 2. The van der Waals surface area contributed by atoms with E-state index in [-0.39, 0.29) is 18.4 Å². The molecule has 0 saturated heterocycles. The summed E-state index contributed by atoms with van der Waals surface area (Å²) in [5, 5.41) is 5.76. The normalized spacial score (nSPS) is 10.2. The second kappa shape index (κ2) is 7.84. The molecule has 0 saturated carbocycles. The summed E-state index contributed by atoms with van der Waals surface area (Å²) in [7, 11) is 1.49. The Balaban J connectivity index is 2.00. The first-order valence-corrected chi connectivity index (χ1v) is 7.78. The van der Waals surface area contributed by atoms with Gasteiger partial charge in [-0.15, -0.1) is 0 Å². The zero-order valence-corrected chi connectivity index (χ0v) is 14.5. The third-order valence-electron chi connectivity index (χ3n) is 3.46. The van der Waals surface area contributed by atoms with Gasteiger partial charge in [0, 0.05) is 0 Å². The smallest absolute Gasteiger partial charge is 0.255 e. The second-order valence-electron chi connectivity index (χ2n) is 5.37. The molecule has 0 heterocycles. The van der Waals surface area contributed by atoms with Crippen molar-refractivity contribution in [2.45, 2.75) is 13.8 Å². The molecule has 24 heavy (non-hydrogen) atoms. The molecule has 0 bridgehead atoms. The Bertz CT molecular complexity index is 752. The molecular formula is C18H19ClN2O3. The number of para-hydroxylation sites is 1. The van der Waals surface area contributed by atoms with E-state index in [4.69, 9.17) is 16.3 Å². The minimum atomic E-state index is -0.380. The van der Waals surface area contributed by atoms with Gasteiger partial charge in [-0.3, -0.25) is 9.59 Å². The Kier molecular flexibility index (Phi) is 5.82. The van der Waals surface area contributed by atoms with E-state index in [0.29, 0.717) is 22.0 Å². The highest BCUT2D eigenvalue weighted by Crippen LogP contribution is 2.27. The molecule has 0 aromatic heterocycles. The number of amides is 2. The van der Waals surface area contributed by atoms with Gasteiger partial charge in [-0.1, -0.05) is 29.8 Å². The lowest BCUT2D eigenvalue weighted by molar-refractivity contribution is -0.115. The SMILES string of the molecule is COc1ccccc1C(=O)NCC(=O)Nc1c(C)cc(C)cc1Cl. The van der Waals surface area contributed by atoms with Gasteiger partial charge < -0.3 is 15.4 Å². The lowest BCUT2D eigenvalue weighted by atomic mass is 10.1. The highest BCUT2D eigenvalue weighted by Gasteiger charge is 2.14. The molecule has 0 radical (unpaired) electrons. The Labute approximate surface area is 146 Å². The third-order valence-corrected chi connectivity index (χ3v) is 3.76. The number of anilines is 1. The average molecular weight is 347 g/mol. The number of nitrogens with one attached hydrogen (secondary N) is 2. The maximum absolute atomic E-state index is 12.2. The molecule has 126 valence electrons. The van der Waals surface area contributed by atoms with Gasteiger partial charge in [0.25, 0.3) is 5.91 Å². The first-order valence-electron chi connectivity index (χ1n) is 7.40. The zero-order chi connectivity index (χ0) is 17.7. The Morgan fingerprint density at radius 3 is 2.54 bits per heavy atom. The highest BCUT2D eigenvalue weighted by molar-refractivity contribution is 6.34. The standard InChI is InChI=1S/C18H19ClN2O3/c1-11-8-12(2)17(14(19)9-11)21-16(22)10-20-18(23)13-6-4-5-7-15(13)24-3/h4-9H,10H2,1-3H3,(H,20,23)(H,21,22). The summed E-state index contributed by atoms with van der Waals surface area (Å²) >= 11 is 6.16. The molecular weight excluding hydrogens is 328 g/mol. The maximum atomic E-state index is 12.2. The van der Waals surface area contributed by atoms with Crippen LogP contribution in [0.4, 0.5) is 5.69 Å². The molecule has 2 N–H and O–H groups in total. The topological polar surface area (TPSA) is 67.4 Å². The van der Waals surface area contributed by atoms with Gasteiger partial charge >= 0.3 is 0 Å². The van der Waals surface area contributed by atoms with Gasteiger partial charge in [0.2, 0.25) is 5.91 Å². The van der Waals surface area contributed by atoms with Crippen molar-refractivity contribution in [3.05, 3.63) is 58.1 Å². The van der Waals surface area contributed by atoms with Crippen LogP contribution in [0, 0.1) is 13.8 Å². The minimum Gasteiger partial charge on any atom is -0.496 e. The Morgan fingerprint density at radius 2 is 1.88 bits per heavy atom. The van der Waals surface area contributed by atoms with Gasteiger partial charge in [-0.05, 0) is 43.2 Å². The minimum absolute atomic E-state index is 0.166. The Hall–Kier alpha value is -2.53. The first kappa shape index (κ1) is 17.8. The number of hydrogen-bond donors (Lipinski definition) is 2. The summed E-state index contributed by atoms with van der Waals surface area (Å²) in [5.74, 6) is -0.283. The van der Waals surface area contributed by atoms with Crippen molar-refractivity contribution in [1.29, 1.82) is 0 Å². The summed E-state index contributed by atoms with van der Waals surface area (Å²) < 4.78 is 5.13. The molecule has 2 amide bonds. The van der Waals surface area contributed by atoms with E-state index in [0.717, 1.165) is 11.1 Å². The molecule has 0 unspecified atom stereocenters. The zero-order valence-electron chi connectivity index (χ0n) is 13.8. The fourth-order valence-corrected chi connectivity index (χ4v) is 2.71. The van der Waals surface area contributed by atoms with Crippen LogP contribution in [0.1, 0.15) is 21.5 Å². The summed E-state index contributed by atoms with van der Waals surface area (Å²) in [6, 6.07) is 10.5. The van der Waals surface area contributed by atoms with Crippen LogP contribution in [0.25, 0.3) is 0 Å². The van der Waals surface area contributed by atoms with E-state index in [2.05, 4.69) is 10.6 Å². The van der Waals surface area contributed by atoms with E-state index in [1.807, 2.05) is 19.9 Å². The van der Waals surface area contributed by atoms with Crippen molar-refractivity contribution < 1.29 is 14.3 Å². The summed E-state index contributed by atoms with van der Waals surface area (Å²) in [6.45, 7) is 3.63. The van der Waals surface area contributed by atoms with Gasteiger partial charge in [0.1, 0.15) is 5.75 Å². The van der Waals surface area contributed by atoms with Crippen LogP contribution < -0.4 is 15.4 Å². The van der Waals surface area contributed by atoms with E-state index in [9.17, 15) is 9.59 Å². The van der Waals surface area contributed by atoms with Gasteiger partial charge in [0.05, 0.1) is 29.9 Å². The number of rotatable bonds is 5. The molecule has 0 aliphatic rings. The fraction of sp³-hybridized carbons (Fsp3) is 0.222. The Morgan fingerprint density at radius 1 is 1.17 bits per heavy atom. The van der Waals surface area contributed by atoms with Crippen molar-refractivity contribution in [3.8, 4) is 5.75 Å². The number of benzene rings is 2. The quantitative estimate of drug-likeness (QED) is 0.872. The van der Waals surface area contributed by atoms with Crippen molar-refractivity contribution in [2.24, 2.45) is 0 Å². The number of hydrogen-bond acceptors (Lipinski definition) is 3. The first-order chi connectivity index (χ1) is 11.4. The number of carbonyl (C=O) groups is 2. The molecule has 2 aromatic carbocycles. The average Bonchev–Trinajstić information content (AvgIpc) is 2.55. The predicted molar refractivity (Wildman–Crippen MR) is 94.9 cm³/mol. The van der Waals surface area contributed by atoms with Crippen molar-refractivity contribution in [2.75, 3.05) is 19.0 Å². The van der Waals surface area contributed by atoms with Gasteiger partial charge in [-0.25, -0.2) is 0 Å². The number of halogens is 1. The molecule has 0 aliphatic heterocycles. The lowest BCUT2D eigenvalue weighted by Gasteiger charge is -2.12. The van der Waals surface area contributed by atoms with Crippen LogP contribution in [-0.2, 0) is 4.79 Å². The van der Waals surface area contributed by atoms with Crippen LogP contribution in [-0.4, -0.2) is 25.5 Å². The van der Waals surface area contributed by atoms with Crippen LogP contribution in [0.5, 0.6) is 5.75 Å². The third kappa shape index (κ3) is 4.26. The number of methoxy groups -OCH3 is 1. The van der Waals surface area contributed by atoms with Crippen LogP contribution in [0.2, 0.25) is 5.02 Å². The second-order valence-corrected chi connectivity index (χ2v) is 5.78. The number of ether oxygens (including phenoxy) is 1. The summed E-state index contributed by atoms with van der Waals surface area (Å²) in [4.78, 5) is 24.2. The lowest BCUT2D eigenvalue weighted by Crippen LogP contribution is -2.33. The summed E-state index contributed by atoms with van der Waals surface area (Å²) in [6.07, 6.45) is 0. The van der Waals surface area contributed by atoms with E-state index in [1.165, 1.54) is 7.11 Å². The maximum Gasteiger partial charge on any atom is 0.255 e. The molecule has 2 aromatic rings. The van der Waals surface area contributed by atoms with Crippen molar-refractivity contribution in [1.82, 2.24) is 5.32 Å². The molecule has 6 heteroatoms. The molecule has 0 aliphatic carbocycles. The van der Waals surface area contributed by atoms with Crippen LogP contribution in [0.15, 0.2) is 36.4 Å². The number of aryl methyl sites for hydroxylation is 2.